The first-order valence-electron chi connectivity index (χ1n) is 4.27. The third kappa shape index (κ3) is 2.37. The minimum atomic E-state index is -0.235. The lowest BCUT2D eigenvalue weighted by Gasteiger charge is -1.92. The molecule has 1 aromatic heterocycles. The lowest BCUT2D eigenvalue weighted by molar-refractivity contribution is -0.116. The summed E-state index contributed by atoms with van der Waals surface area (Å²) in [5, 5.41) is 3.77. The molecule has 0 spiro atoms. The van der Waals surface area contributed by atoms with Gasteiger partial charge in [0.2, 0.25) is 5.78 Å². The van der Waals surface area contributed by atoms with E-state index in [9.17, 15) is 4.79 Å². The van der Waals surface area contributed by atoms with Gasteiger partial charge in [-0.2, -0.15) is 4.79 Å². The molecule has 0 unspecified atom stereocenters. The Morgan fingerprint density at radius 1 is 1.64 bits per heavy atom. The lowest BCUT2D eigenvalue weighted by Crippen LogP contribution is -2.01. The van der Waals surface area contributed by atoms with Gasteiger partial charge in [0.1, 0.15) is 5.76 Å². The summed E-state index contributed by atoms with van der Waals surface area (Å²) in [6, 6.07) is 0. The number of carbonyl (C=O) groups excluding carboxylic acids is 1. The molecular weight excluding hydrogens is 182 g/mol. The van der Waals surface area contributed by atoms with Gasteiger partial charge in [0.15, 0.2) is 0 Å². The summed E-state index contributed by atoms with van der Waals surface area (Å²) >= 11 is 0. The number of rotatable bonds is 4. The first-order chi connectivity index (χ1) is 6.65. The number of Topliss-reactive ketones (excluding diaryl/α,β-unsaturated/α-hetero) is 1. The number of hydrogen-bond donors (Lipinski definition) is 0. The summed E-state index contributed by atoms with van der Waals surface area (Å²) in [5.74, 6) is 0.475. The number of nitrogens with zero attached hydrogens (tertiary/aromatic N) is 3. The summed E-state index contributed by atoms with van der Waals surface area (Å²) in [5.41, 5.74) is 9.91. The van der Waals surface area contributed by atoms with E-state index in [0.29, 0.717) is 12.2 Å². The Kier molecular flexibility index (Phi) is 3.31. The molecule has 5 nitrogen and oxygen atoms in total. The largest absolute Gasteiger partial charge is 0.361 e. The minimum absolute atomic E-state index is 0.235. The summed E-state index contributed by atoms with van der Waals surface area (Å²) in [7, 11) is 0. The fourth-order valence-electron chi connectivity index (χ4n) is 1.06. The Labute approximate surface area is 81.3 Å². The standard InChI is InChI=1S/C9H11N3O2/c1-6-7(2)12-14-9(6)4-3-8(13)5-11-10/h5H,3-4H2,1-2H3. The van der Waals surface area contributed by atoms with Gasteiger partial charge in [-0.25, -0.2) is 0 Å². The molecule has 0 atom stereocenters. The number of aromatic nitrogens is 1. The highest BCUT2D eigenvalue weighted by Crippen LogP contribution is 2.13. The zero-order chi connectivity index (χ0) is 10.6. The van der Waals surface area contributed by atoms with Gasteiger partial charge in [0.25, 0.3) is 0 Å². The molecule has 5 heteroatoms. The van der Waals surface area contributed by atoms with E-state index in [1.54, 1.807) is 0 Å². The van der Waals surface area contributed by atoms with Crippen LogP contribution in [-0.2, 0) is 11.2 Å². The van der Waals surface area contributed by atoms with Crippen molar-refractivity contribution in [2.45, 2.75) is 26.7 Å². The van der Waals surface area contributed by atoms with E-state index in [1.165, 1.54) is 0 Å². The second-order valence-corrected chi connectivity index (χ2v) is 3.03. The summed E-state index contributed by atoms with van der Waals surface area (Å²) in [4.78, 5) is 13.6. The van der Waals surface area contributed by atoms with E-state index in [4.69, 9.17) is 10.1 Å². The van der Waals surface area contributed by atoms with Crippen molar-refractivity contribution in [2.24, 2.45) is 0 Å². The van der Waals surface area contributed by atoms with Crippen molar-refractivity contribution in [2.75, 3.05) is 0 Å². The molecule has 0 aliphatic heterocycles. The van der Waals surface area contributed by atoms with Gasteiger partial charge in [-0.1, -0.05) is 5.16 Å². The fourth-order valence-corrected chi connectivity index (χ4v) is 1.06. The Bertz CT molecular complexity index is 389. The minimum Gasteiger partial charge on any atom is -0.361 e. The van der Waals surface area contributed by atoms with Gasteiger partial charge in [-0.15, -0.1) is 0 Å². The summed E-state index contributed by atoms with van der Waals surface area (Å²) in [6.45, 7) is 3.74. The second-order valence-electron chi connectivity index (χ2n) is 3.03. The van der Waals surface area contributed by atoms with Crippen molar-refractivity contribution in [3.8, 4) is 0 Å². The Morgan fingerprint density at radius 2 is 2.36 bits per heavy atom. The van der Waals surface area contributed by atoms with Crippen molar-refractivity contribution in [3.63, 3.8) is 0 Å². The van der Waals surface area contributed by atoms with Crippen LogP contribution in [0.5, 0.6) is 0 Å². The highest BCUT2D eigenvalue weighted by molar-refractivity contribution is 6.25. The van der Waals surface area contributed by atoms with Crippen LogP contribution in [0.4, 0.5) is 0 Å². The maximum Gasteiger partial charge on any atom is 0.323 e. The Balaban J connectivity index is 2.58. The van der Waals surface area contributed by atoms with Gasteiger partial charge < -0.3 is 10.1 Å². The molecular formula is C9H11N3O2. The molecule has 14 heavy (non-hydrogen) atoms. The first-order valence-corrected chi connectivity index (χ1v) is 4.27. The molecule has 0 saturated heterocycles. The zero-order valence-corrected chi connectivity index (χ0v) is 8.15. The molecule has 1 rings (SSSR count). The van der Waals surface area contributed by atoms with Crippen molar-refractivity contribution in [1.29, 1.82) is 0 Å². The molecule has 0 aromatic carbocycles. The number of ketones is 1. The van der Waals surface area contributed by atoms with Crippen LogP contribution in [0.1, 0.15) is 23.4 Å². The van der Waals surface area contributed by atoms with Crippen LogP contribution in [0.15, 0.2) is 4.52 Å². The summed E-state index contributed by atoms with van der Waals surface area (Å²) in [6.07, 6.45) is 1.63. The third-order valence-corrected chi connectivity index (χ3v) is 2.05. The second kappa shape index (κ2) is 4.48. The quantitative estimate of drug-likeness (QED) is 0.408. The van der Waals surface area contributed by atoms with Crippen LogP contribution in [0, 0.1) is 13.8 Å². The van der Waals surface area contributed by atoms with E-state index in [-0.39, 0.29) is 12.2 Å². The van der Waals surface area contributed by atoms with Gasteiger partial charge >= 0.3 is 6.21 Å². The highest BCUT2D eigenvalue weighted by Gasteiger charge is 2.10. The molecule has 0 fully saturated rings. The molecule has 0 radical (unpaired) electrons. The molecule has 1 heterocycles. The van der Waals surface area contributed by atoms with Gasteiger partial charge in [-0.05, 0) is 13.8 Å². The molecule has 0 saturated carbocycles. The molecule has 74 valence electrons. The predicted molar refractivity (Wildman–Crippen MR) is 49.0 cm³/mol. The van der Waals surface area contributed by atoms with Crippen molar-refractivity contribution in [1.82, 2.24) is 5.16 Å². The highest BCUT2D eigenvalue weighted by atomic mass is 16.5. The van der Waals surface area contributed by atoms with Crippen LogP contribution in [0.3, 0.4) is 0 Å². The van der Waals surface area contributed by atoms with Crippen molar-refractivity contribution >= 4 is 12.0 Å². The van der Waals surface area contributed by atoms with Crippen LogP contribution in [0.2, 0.25) is 0 Å². The van der Waals surface area contributed by atoms with E-state index >= 15 is 0 Å². The van der Waals surface area contributed by atoms with Crippen LogP contribution < -0.4 is 0 Å². The van der Waals surface area contributed by atoms with E-state index in [2.05, 4.69) is 9.95 Å². The van der Waals surface area contributed by atoms with Crippen LogP contribution >= 0.6 is 0 Å². The van der Waals surface area contributed by atoms with Gasteiger partial charge in [-0.3, -0.25) is 4.79 Å². The lowest BCUT2D eigenvalue weighted by atomic mass is 10.1. The van der Waals surface area contributed by atoms with Crippen molar-refractivity contribution in [3.05, 3.63) is 22.5 Å². The van der Waals surface area contributed by atoms with Gasteiger partial charge in [0, 0.05) is 18.4 Å². The smallest absolute Gasteiger partial charge is 0.323 e. The molecule has 0 amide bonds. The Hall–Kier alpha value is -1.74. The summed E-state index contributed by atoms with van der Waals surface area (Å²) < 4.78 is 5.01. The molecule has 0 aliphatic rings. The van der Waals surface area contributed by atoms with E-state index < -0.39 is 0 Å². The molecule has 0 bridgehead atoms. The predicted octanol–water partition coefficient (Wildman–Crippen LogP) is 1.09. The maximum atomic E-state index is 11.0. The molecule has 1 aromatic rings. The number of carbonyl (C=O) groups is 1. The Morgan fingerprint density at radius 3 is 2.86 bits per heavy atom. The van der Waals surface area contributed by atoms with Crippen LogP contribution in [0.25, 0.3) is 5.53 Å². The molecule has 0 N–H and O–H groups in total. The maximum absolute atomic E-state index is 11.0. The fraction of sp³-hybridized carbons (Fsp3) is 0.444. The molecule has 0 aliphatic carbocycles. The monoisotopic (exact) mass is 193 g/mol. The normalized spacial score (nSPS) is 9.57. The third-order valence-electron chi connectivity index (χ3n) is 2.05. The van der Waals surface area contributed by atoms with Crippen LogP contribution in [-0.4, -0.2) is 21.9 Å². The van der Waals surface area contributed by atoms with Gasteiger partial charge in [0.05, 0.1) is 5.69 Å². The van der Waals surface area contributed by atoms with E-state index in [0.717, 1.165) is 17.5 Å². The average Bonchev–Trinajstić information content (AvgIpc) is 2.46. The van der Waals surface area contributed by atoms with E-state index in [1.807, 2.05) is 13.8 Å². The zero-order valence-electron chi connectivity index (χ0n) is 8.15. The number of hydrogen-bond acceptors (Lipinski definition) is 3. The van der Waals surface area contributed by atoms with Crippen molar-refractivity contribution < 1.29 is 14.1 Å². The average molecular weight is 193 g/mol. The number of aryl methyl sites for hydroxylation is 2. The SMILES string of the molecule is Cc1noc(CCC(=O)C=[N+]=[N-])c1C. The first kappa shape index (κ1) is 10.3. The topological polar surface area (TPSA) is 79.5 Å².